The predicted octanol–water partition coefficient (Wildman–Crippen LogP) is 3.41. The average Bonchev–Trinajstić information content (AvgIpc) is 2.81. The molecule has 0 aliphatic heterocycles. The highest BCUT2D eigenvalue weighted by molar-refractivity contribution is 6.01. The number of rotatable bonds is 4. The summed E-state index contributed by atoms with van der Waals surface area (Å²) in [6.45, 7) is 6.06. The topological polar surface area (TPSA) is 29.1 Å². The van der Waals surface area contributed by atoms with E-state index in [9.17, 15) is 4.79 Å². The van der Waals surface area contributed by atoms with Gasteiger partial charge in [0.15, 0.2) is 5.78 Å². The van der Waals surface area contributed by atoms with E-state index in [2.05, 4.69) is 18.3 Å². The number of Topliss-reactive ketones (excluding diaryl/α,β-unsaturated/α-hetero) is 1. The fourth-order valence-corrected chi connectivity index (χ4v) is 2.85. The number of aryl methyl sites for hydroxylation is 2. The summed E-state index contributed by atoms with van der Waals surface area (Å²) >= 11 is 0. The third-order valence-corrected chi connectivity index (χ3v) is 3.88. The largest absolute Gasteiger partial charge is 0.305 e. The van der Waals surface area contributed by atoms with E-state index in [0.717, 1.165) is 11.1 Å². The van der Waals surface area contributed by atoms with Crippen molar-refractivity contribution in [3.8, 4) is 0 Å². The molecule has 1 fully saturated rings. The number of hydrogen-bond donors (Lipinski definition) is 1. The maximum atomic E-state index is 12.4. The van der Waals surface area contributed by atoms with Gasteiger partial charge in [-0.1, -0.05) is 36.6 Å². The van der Waals surface area contributed by atoms with Gasteiger partial charge in [-0.15, -0.1) is 0 Å². The summed E-state index contributed by atoms with van der Waals surface area (Å²) in [5, 5.41) is 3.47. The van der Waals surface area contributed by atoms with Crippen LogP contribution in [-0.2, 0) is 0 Å². The van der Waals surface area contributed by atoms with Gasteiger partial charge in [0, 0.05) is 11.6 Å². The molecule has 1 aromatic rings. The summed E-state index contributed by atoms with van der Waals surface area (Å²) < 4.78 is 0. The van der Waals surface area contributed by atoms with E-state index in [1.165, 1.54) is 31.2 Å². The lowest BCUT2D eigenvalue weighted by Crippen LogP contribution is -2.40. The zero-order valence-corrected chi connectivity index (χ0v) is 11.6. The molecule has 0 aromatic heterocycles. The maximum absolute atomic E-state index is 12.4. The van der Waals surface area contributed by atoms with Gasteiger partial charge in [-0.05, 0) is 39.2 Å². The highest BCUT2D eigenvalue weighted by Crippen LogP contribution is 2.19. The van der Waals surface area contributed by atoms with Crippen LogP contribution in [0.1, 0.15) is 54.1 Å². The van der Waals surface area contributed by atoms with E-state index >= 15 is 0 Å². The molecule has 2 rings (SSSR count). The van der Waals surface area contributed by atoms with E-state index in [1.54, 1.807) is 0 Å². The third kappa shape index (κ3) is 2.99. The molecule has 0 spiro atoms. The average molecular weight is 245 g/mol. The molecule has 1 aliphatic rings. The minimum atomic E-state index is -0.0745. The van der Waals surface area contributed by atoms with Crippen molar-refractivity contribution in [3.05, 3.63) is 34.9 Å². The Bertz CT molecular complexity index is 433. The second-order valence-electron chi connectivity index (χ2n) is 5.55. The number of benzene rings is 1. The SMILES string of the molecule is Cc1ccc(C(=O)C(C)NC2CCCC2)c(C)c1. The number of carbonyl (C=O) groups excluding carboxylic acids is 1. The Morgan fingerprint density at radius 3 is 2.56 bits per heavy atom. The lowest BCUT2D eigenvalue weighted by Gasteiger charge is -2.19. The molecule has 1 saturated carbocycles. The molecule has 1 N–H and O–H groups in total. The first-order valence-corrected chi connectivity index (χ1v) is 6.95. The van der Waals surface area contributed by atoms with Gasteiger partial charge in [-0.25, -0.2) is 0 Å². The summed E-state index contributed by atoms with van der Waals surface area (Å²) in [5.41, 5.74) is 3.15. The first kappa shape index (κ1) is 13.3. The standard InChI is InChI=1S/C16H23NO/c1-11-8-9-15(12(2)10-11)16(18)13(3)17-14-6-4-5-7-14/h8-10,13-14,17H,4-7H2,1-3H3. The summed E-state index contributed by atoms with van der Waals surface area (Å²) in [4.78, 5) is 12.4. The Labute approximate surface area is 110 Å². The van der Waals surface area contributed by atoms with Crippen LogP contribution in [-0.4, -0.2) is 17.9 Å². The zero-order chi connectivity index (χ0) is 13.1. The van der Waals surface area contributed by atoms with E-state index < -0.39 is 0 Å². The molecule has 0 saturated heterocycles. The van der Waals surface area contributed by atoms with Gasteiger partial charge in [0.05, 0.1) is 6.04 Å². The van der Waals surface area contributed by atoms with E-state index in [1.807, 2.05) is 26.0 Å². The van der Waals surface area contributed by atoms with E-state index in [4.69, 9.17) is 0 Å². The summed E-state index contributed by atoms with van der Waals surface area (Å²) in [5.74, 6) is 0.222. The van der Waals surface area contributed by atoms with E-state index in [-0.39, 0.29) is 11.8 Å². The first-order valence-electron chi connectivity index (χ1n) is 6.95. The molecule has 0 radical (unpaired) electrons. The van der Waals surface area contributed by atoms with Crippen LogP contribution in [0.4, 0.5) is 0 Å². The summed E-state index contributed by atoms with van der Waals surface area (Å²) in [6.07, 6.45) is 5.01. The zero-order valence-electron chi connectivity index (χ0n) is 11.6. The lowest BCUT2D eigenvalue weighted by atomic mass is 9.98. The molecular formula is C16H23NO. The smallest absolute Gasteiger partial charge is 0.179 e. The van der Waals surface area contributed by atoms with Crippen molar-refractivity contribution in [2.75, 3.05) is 0 Å². The normalized spacial score (nSPS) is 17.9. The van der Waals surface area contributed by atoms with Crippen molar-refractivity contribution < 1.29 is 4.79 Å². The van der Waals surface area contributed by atoms with Crippen LogP contribution in [0.2, 0.25) is 0 Å². The molecule has 1 aromatic carbocycles. The molecule has 2 heteroatoms. The fourth-order valence-electron chi connectivity index (χ4n) is 2.85. The molecule has 1 aliphatic carbocycles. The van der Waals surface area contributed by atoms with Crippen LogP contribution in [0, 0.1) is 13.8 Å². The molecule has 1 atom stereocenters. The molecule has 98 valence electrons. The summed E-state index contributed by atoms with van der Waals surface area (Å²) in [6, 6.07) is 6.52. The summed E-state index contributed by atoms with van der Waals surface area (Å²) in [7, 11) is 0. The first-order chi connectivity index (χ1) is 8.58. The monoisotopic (exact) mass is 245 g/mol. The van der Waals surface area contributed by atoms with Crippen molar-refractivity contribution in [2.24, 2.45) is 0 Å². The van der Waals surface area contributed by atoms with Crippen molar-refractivity contribution in [3.63, 3.8) is 0 Å². The van der Waals surface area contributed by atoms with Crippen LogP contribution in [0.15, 0.2) is 18.2 Å². The number of ketones is 1. The third-order valence-electron chi connectivity index (χ3n) is 3.88. The molecule has 18 heavy (non-hydrogen) atoms. The van der Waals surface area contributed by atoms with Crippen LogP contribution >= 0.6 is 0 Å². The van der Waals surface area contributed by atoms with Gasteiger partial charge < -0.3 is 5.32 Å². The van der Waals surface area contributed by atoms with Gasteiger partial charge in [0.25, 0.3) is 0 Å². The van der Waals surface area contributed by atoms with Crippen LogP contribution in [0.3, 0.4) is 0 Å². The molecular weight excluding hydrogens is 222 g/mol. The Morgan fingerprint density at radius 1 is 1.28 bits per heavy atom. The van der Waals surface area contributed by atoms with Gasteiger partial charge in [0.1, 0.15) is 0 Å². The molecule has 0 amide bonds. The molecule has 1 unspecified atom stereocenters. The van der Waals surface area contributed by atoms with Crippen molar-refractivity contribution >= 4 is 5.78 Å². The van der Waals surface area contributed by atoms with Crippen molar-refractivity contribution in [1.29, 1.82) is 0 Å². The van der Waals surface area contributed by atoms with Gasteiger partial charge >= 0.3 is 0 Å². The quantitative estimate of drug-likeness (QED) is 0.824. The minimum absolute atomic E-state index is 0.0745. The highest BCUT2D eigenvalue weighted by atomic mass is 16.1. The number of hydrogen-bond acceptors (Lipinski definition) is 2. The Morgan fingerprint density at radius 2 is 1.94 bits per heavy atom. The fraction of sp³-hybridized carbons (Fsp3) is 0.562. The van der Waals surface area contributed by atoms with Gasteiger partial charge in [-0.3, -0.25) is 4.79 Å². The van der Waals surface area contributed by atoms with Gasteiger partial charge in [-0.2, -0.15) is 0 Å². The Kier molecular flexibility index (Phi) is 4.18. The maximum Gasteiger partial charge on any atom is 0.179 e. The molecule has 0 heterocycles. The number of carbonyl (C=O) groups is 1. The molecule has 0 bridgehead atoms. The van der Waals surface area contributed by atoms with Gasteiger partial charge in [0.2, 0.25) is 0 Å². The van der Waals surface area contributed by atoms with E-state index in [0.29, 0.717) is 6.04 Å². The second-order valence-corrected chi connectivity index (χ2v) is 5.55. The lowest BCUT2D eigenvalue weighted by molar-refractivity contribution is 0.0944. The Balaban J connectivity index is 2.05. The predicted molar refractivity (Wildman–Crippen MR) is 75.1 cm³/mol. The van der Waals surface area contributed by atoms with Crippen LogP contribution < -0.4 is 5.32 Å². The minimum Gasteiger partial charge on any atom is -0.305 e. The van der Waals surface area contributed by atoms with Crippen LogP contribution in [0.5, 0.6) is 0 Å². The van der Waals surface area contributed by atoms with Crippen molar-refractivity contribution in [2.45, 2.75) is 58.5 Å². The number of nitrogens with one attached hydrogen (secondary N) is 1. The molecule has 2 nitrogen and oxygen atoms in total. The van der Waals surface area contributed by atoms with Crippen LogP contribution in [0.25, 0.3) is 0 Å². The Hall–Kier alpha value is -1.15. The van der Waals surface area contributed by atoms with Crippen molar-refractivity contribution in [1.82, 2.24) is 5.32 Å². The second kappa shape index (κ2) is 5.66. The highest BCUT2D eigenvalue weighted by Gasteiger charge is 2.22.